The predicted octanol–water partition coefficient (Wildman–Crippen LogP) is -0.727. The molecule has 0 spiro atoms. The topological polar surface area (TPSA) is 58.7 Å². The van der Waals surface area contributed by atoms with Gasteiger partial charge in [0.25, 0.3) is 0 Å². The lowest BCUT2D eigenvalue weighted by molar-refractivity contribution is -0.128. The van der Waals surface area contributed by atoms with Crippen LogP contribution in [0.2, 0.25) is 0 Å². The fourth-order valence-electron chi connectivity index (χ4n) is 2.46. The van der Waals surface area contributed by atoms with Gasteiger partial charge in [-0.15, -0.1) is 0 Å². The molecule has 2 rings (SSSR count). The molecule has 4 nitrogen and oxygen atoms in total. The Bertz CT molecular complexity index is 187. The molecule has 0 aromatic heterocycles. The normalized spacial score (nSPS) is 40.9. The molecule has 4 heteroatoms. The number of aliphatic hydroxyl groups excluding tert-OH is 1. The van der Waals surface area contributed by atoms with Crippen LogP contribution in [0.25, 0.3) is 0 Å². The van der Waals surface area contributed by atoms with Gasteiger partial charge in [-0.3, -0.25) is 4.90 Å². The van der Waals surface area contributed by atoms with Gasteiger partial charge < -0.3 is 15.6 Å². The maximum Gasteiger partial charge on any atom is 0.0665 e. The minimum atomic E-state index is -0.162. The number of hydrogen-bond acceptors (Lipinski definition) is 4. The van der Waals surface area contributed by atoms with E-state index in [4.69, 9.17) is 10.5 Å². The third-order valence-corrected chi connectivity index (χ3v) is 3.53. The quantitative estimate of drug-likeness (QED) is 0.617. The zero-order chi connectivity index (χ0) is 10.1. The van der Waals surface area contributed by atoms with Crippen LogP contribution in [0.4, 0.5) is 0 Å². The zero-order valence-corrected chi connectivity index (χ0v) is 8.72. The molecule has 3 unspecified atom stereocenters. The number of likely N-dealkylation sites (tertiary alicyclic amines) is 1. The van der Waals surface area contributed by atoms with Crippen LogP contribution in [0.1, 0.15) is 6.92 Å². The van der Waals surface area contributed by atoms with Crippen LogP contribution in [0.5, 0.6) is 0 Å². The van der Waals surface area contributed by atoms with Crippen LogP contribution in [0.3, 0.4) is 0 Å². The summed E-state index contributed by atoms with van der Waals surface area (Å²) in [6.45, 7) is 6.09. The first-order chi connectivity index (χ1) is 6.72. The summed E-state index contributed by atoms with van der Waals surface area (Å²) in [5.41, 5.74) is 5.65. The number of nitrogens with zero attached hydrogens (tertiary/aromatic N) is 1. The van der Waals surface area contributed by atoms with Gasteiger partial charge in [0, 0.05) is 37.5 Å². The molecule has 2 bridgehead atoms. The molecule has 2 aliphatic heterocycles. The Kier molecular flexibility index (Phi) is 3.07. The number of aliphatic hydroxyl groups is 1. The molecule has 0 saturated carbocycles. The molecule has 2 heterocycles. The minimum Gasteiger partial charge on any atom is -0.392 e. The van der Waals surface area contributed by atoms with E-state index < -0.39 is 0 Å². The Morgan fingerprint density at radius 2 is 2.00 bits per heavy atom. The van der Waals surface area contributed by atoms with E-state index in [0.717, 1.165) is 13.1 Å². The largest absolute Gasteiger partial charge is 0.392 e. The standard InChI is InChI=1S/C10H20N2O2/c1-7(2-11)12-3-8-5-14-6-9(4-12)10(8)13/h7-10,13H,2-6,11H2,1H3. The lowest BCUT2D eigenvalue weighted by Gasteiger charge is -2.46. The van der Waals surface area contributed by atoms with Crippen LogP contribution in [-0.2, 0) is 4.74 Å². The van der Waals surface area contributed by atoms with Gasteiger partial charge >= 0.3 is 0 Å². The summed E-state index contributed by atoms with van der Waals surface area (Å²) in [4.78, 5) is 2.38. The Morgan fingerprint density at radius 3 is 2.50 bits per heavy atom. The van der Waals surface area contributed by atoms with E-state index in [1.165, 1.54) is 0 Å². The summed E-state index contributed by atoms with van der Waals surface area (Å²) in [5, 5.41) is 9.92. The molecule has 2 aliphatic rings. The van der Waals surface area contributed by atoms with Gasteiger partial charge in [0.05, 0.1) is 19.3 Å². The van der Waals surface area contributed by atoms with Gasteiger partial charge in [0.1, 0.15) is 0 Å². The van der Waals surface area contributed by atoms with E-state index in [1.807, 2.05) is 0 Å². The van der Waals surface area contributed by atoms with Crippen molar-refractivity contribution in [2.75, 3.05) is 32.8 Å². The lowest BCUT2D eigenvalue weighted by atomic mass is 9.84. The Balaban J connectivity index is 2.00. The first kappa shape index (κ1) is 10.4. The summed E-state index contributed by atoms with van der Waals surface area (Å²) < 4.78 is 5.45. The molecule has 0 aromatic carbocycles. The minimum absolute atomic E-state index is 0.162. The highest BCUT2D eigenvalue weighted by atomic mass is 16.5. The smallest absolute Gasteiger partial charge is 0.0665 e. The van der Waals surface area contributed by atoms with Gasteiger partial charge in [-0.1, -0.05) is 0 Å². The molecule has 0 amide bonds. The lowest BCUT2D eigenvalue weighted by Crippen LogP contribution is -2.58. The second-order valence-electron chi connectivity index (χ2n) is 4.59. The van der Waals surface area contributed by atoms with Crippen LogP contribution in [0.15, 0.2) is 0 Å². The van der Waals surface area contributed by atoms with Crippen molar-refractivity contribution in [2.45, 2.75) is 19.1 Å². The van der Waals surface area contributed by atoms with Crippen molar-refractivity contribution in [1.82, 2.24) is 4.90 Å². The fourth-order valence-corrected chi connectivity index (χ4v) is 2.46. The number of nitrogens with two attached hydrogens (primary N) is 1. The summed E-state index contributed by atoms with van der Waals surface area (Å²) in [6, 6.07) is 0.422. The Hall–Kier alpha value is -0.160. The molecule has 0 radical (unpaired) electrons. The molecular weight excluding hydrogens is 180 g/mol. The van der Waals surface area contributed by atoms with Crippen LogP contribution in [0, 0.1) is 11.8 Å². The maximum absolute atomic E-state index is 9.92. The third-order valence-electron chi connectivity index (χ3n) is 3.53. The van der Waals surface area contributed by atoms with E-state index in [9.17, 15) is 5.11 Å². The van der Waals surface area contributed by atoms with Gasteiger partial charge in [-0.05, 0) is 6.92 Å². The van der Waals surface area contributed by atoms with Crippen molar-refractivity contribution in [3.05, 3.63) is 0 Å². The third kappa shape index (κ3) is 1.80. The second kappa shape index (κ2) is 4.14. The number of rotatable bonds is 2. The van der Waals surface area contributed by atoms with Crippen molar-refractivity contribution in [2.24, 2.45) is 17.6 Å². The van der Waals surface area contributed by atoms with E-state index >= 15 is 0 Å². The molecule has 3 N–H and O–H groups in total. The highest BCUT2D eigenvalue weighted by Gasteiger charge is 2.39. The number of ether oxygens (including phenoxy) is 1. The van der Waals surface area contributed by atoms with Crippen LogP contribution < -0.4 is 5.73 Å². The summed E-state index contributed by atoms with van der Waals surface area (Å²) >= 11 is 0. The first-order valence-corrected chi connectivity index (χ1v) is 5.42. The van der Waals surface area contributed by atoms with Gasteiger partial charge in [0.15, 0.2) is 0 Å². The van der Waals surface area contributed by atoms with Gasteiger partial charge in [-0.25, -0.2) is 0 Å². The highest BCUT2D eigenvalue weighted by Crippen LogP contribution is 2.28. The van der Waals surface area contributed by atoms with Crippen molar-refractivity contribution in [3.63, 3.8) is 0 Å². The van der Waals surface area contributed by atoms with Crippen LogP contribution in [-0.4, -0.2) is 55.0 Å². The number of piperidine rings is 1. The predicted molar refractivity (Wildman–Crippen MR) is 53.9 cm³/mol. The number of fused-ring (bicyclic) bond motifs is 2. The molecule has 82 valence electrons. The SMILES string of the molecule is CC(CN)N1CC2COCC(C1)C2O. The molecule has 2 saturated heterocycles. The van der Waals surface area contributed by atoms with E-state index in [-0.39, 0.29) is 17.9 Å². The van der Waals surface area contributed by atoms with Crippen molar-refractivity contribution in [1.29, 1.82) is 0 Å². The van der Waals surface area contributed by atoms with Crippen molar-refractivity contribution >= 4 is 0 Å². The monoisotopic (exact) mass is 200 g/mol. The molecule has 0 aromatic rings. The summed E-state index contributed by atoms with van der Waals surface area (Å²) in [6.07, 6.45) is -0.162. The van der Waals surface area contributed by atoms with Gasteiger partial charge in [-0.2, -0.15) is 0 Å². The fraction of sp³-hybridized carbons (Fsp3) is 1.00. The molecule has 14 heavy (non-hydrogen) atoms. The Labute approximate surface area is 85.0 Å². The molecular formula is C10H20N2O2. The van der Waals surface area contributed by atoms with Crippen molar-refractivity contribution in [3.8, 4) is 0 Å². The molecule has 0 aliphatic carbocycles. The van der Waals surface area contributed by atoms with E-state index in [0.29, 0.717) is 25.8 Å². The maximum atomic E-state index is 9.92. The molecule has 2 fully saturated rings. The average Bonchev–Trinajstić information content (AvgIpc) is 2.16. The van der Waals surface area contributed by atoms with Gasteiger partial charge in [0.2, 0.25) is 0 Å². The average molecular weight is 200 g/mol. The first-order valence-electron chi connectivity index (χ1n) is 5.42. The Morgan fingerprint density at radius 1 is 1.43 bits per heavy atom. The van der Waals surface area contributed by atoms with E-state index in [2.05, 4.69) is 11.8 Å². The van der Waals surface area contributed by atoms with Crippen molar-refractivity contribution < 1.29 is 9.84 Å². The second-order valence-corrected chi connectivity index (χ2v) is 4.59. The van der Waals surface area contributed by atoms with E-state index in [1.54, 1.807) is 0 Å². The summed E-state index contributed by atoms with van der Waals surface area (Å²) in [5.74, 6) is 0.577. The summed E-state index contributed by atoms with van der Waals surface area (Å²) in [7, 11) is 0. The highest BCUT2D eigenvalue weighted by molar-refractivity contribution is 4.91. The number of hydrogen-bond donors (Lipinski definition) is 2. The van der Waals surface area contributed by atoms with Crippen LogP contribution >= 0.6 is 0 Å². The molecule has 3 atom stereocenters. The zero-order valence-electron chi connectivity index (χ0n) is 8.72.